The maximum atomic E-state index is 12.8. The second-order valence-electron chi connectivity index (χ2n) is 4.93. The van der Waals surface area contributed by atoms with Crippen molar-refractivity contribution in [2.24, 2.45) is 0 Å². The number of halogens is 1. The summed E-state index contributed by atoms with van der Waals surface area (Å²) < 4.78 is 18.4. The standard InChI is InChI=1S/C15H20FNO3/c1-2-20-13-7-9-17(10-8-13)15(19)14(18)11-3-5-12(16)6-4-11/h3-6,13-14,18H,2,7-10H2,1H3/t14-/m0/s1. The number of aliphatic hydroxyl groups is 1. The van der Waals surface area contributed by atoms with Crippen LogP contribution in [0, 0.1) is 5.82 Å². The molecule has 0 spiro atoms. The van der Waals surface area contributed by atoms with Crippen molar-refractivity contribution in [2.45, 2.75) is 32.0 Å². The first-order valence-electron chi connectivity index (χ1n) is 6.95. The molecule has 4 nitrogen and oxygen atoms in total. The summed E-state index contributed by atoms with van der Waals surface area (Å²) in [7, 11) is 0. The van der Waals surface area contributed by atoms with Crippen molar-refractivity contribution in [1.29, 1.82) is 0 Å². The summed E-state index contributed by atoms with van der Waals surface area (Å²) >= 11 is 0. The Labute approximate surface area is 118 Å². The van der Waals surface area contributed by atoms with E-state index in [2.05, 4.69) is 0 Å². The molecular formula is C15H20FNO3. The molecule has 1 heterocycles. The first-order chi connectivity index (χ1) is 9.61. The van der Waals surface area contributed by atoms with Crippen LogP contribution in [-0.4, -0.2) is 41.7 Å². The highest BCUT2D eigenvalue weighted by Crippen LogP contribution is 2.20. The number of ether oxygens (including phenoxy) is 1. The van der Waals surface area contributed by atoms with Gasteiger partial charge in [0.25, 0.3) is 5.91 Å². The Balaban J connectivity index is 1.93. The predicted octanol–water partition coefficient (Wildman–Crippen LogP) is 1.89. The van der Waals surface area contributed by atoms with E-state index in [4.69, 9.17) is 4.74 Å². The molecule has 0 saturated carbocycles. The molecule has 1 atom stereocenters. The lowest BCUT2D eigenvalue weighted by atomic mass is 10.0. The highest BCUT2D eigenvalue weighted by Gasteiger charge is 2.28. The third-order valence-electron chi connectivity index (χ3n) is 3.58. The van der Waals surface area contributed by atoms with Gasteiger partial charge in [-0.2, -0.15) is 0 Å². The largest absolute Gasteiger partial charge is 0.378 e. The van der Waals surface area contributed by atoms with Crippen LogP contribution in [0.2, 0.25) is 0 Å². The minimum atomic E-state index is -1.22. The van der Waals surface area contributed by atoms with Crippen LogP contribution in [0.4, 0.5) is 4.39 Å². The SMILES string of the molecule is CCOC1CCN(C(=O)[C@@H](O)c2ccc(F)cc2)CC1. The molecule has 1 N–H and O–H groups in total. The maximum Gasteiger partial charge on any atom is 0.256 e. The monoisotopic (exact) mass is 281 g/mol. The van der Waals surface area contributed by atoms with Crippen LogP contribution in [-0.2, 0) is 9.53 Å². The van der Waals surface area contributed by atoms with Gasteiger partial charge in [0, 0.05) is 19.7 Å². The number of amides is 1. The number of carbonyl (C=O) groups is 1. The molecule has 0 unspecified atom stereocenters. The quantitative estimate of drug-likeness (QED) is 0.917. The molecule has 1 amide bonds. The number of aliphatic hydroxyl groups excluding tert-OH is 1. The fourth-order valence-electron chi connectivity index (χ4n) is 2.44. The topological polar surface area (TPSA) is 49.8 Å². The van der Waals surface area contributed by atoms with Gasteiger partial charge in [-0.25, -0.2) is 4.39 Å². The van der Waals surface area contributed by atoms with Crippen molar-refractivity contribution in [3.8, 4) is 0 Å². The van der Waals surface area contributed by atoms with Crippen LogP contribution in [0.25, 0.3) is 0 Å². The number of likely N-dealkylation sites (tertiary alicyclic amines) is 1. The van der Waals surface area contributed by atoms with Gasteiger partial charge in [-0.3, -0.25) is 4.79 Å². The van der Waals surface area contributed by atoms with Gasteiger partial charge in [-0.15, -0.1) is 0 Å². The average Bonchev–Trinajstić information content (AvgIpc) is 2.48. The average molecular weight is 281 g/mol. The molecule has 1 aromatic carbocycles. The van der Waals surface area contributed by atoms with Gasteiger partial charge in [-0.05, 0) is 37.5 Å². The number of rotatable bonds is 4. The van der Waals surface area contributed by atoms with Crippen LogP contribution >= 0.6 is 0 Å². The molecular weight excluding hydrogens is 261 g/mol. The lowest BCUT2D eigenvalue weighted by molar-refractivity contribution is -0.143. The molecule has 0 aliphatic carbocycles. The molecule has 1 aromatic rings. The first kappa shape index (κ1) is 14.9. The van der Waals surface area contributed by atoms with E-state index in [-0.39, 0.29) is 17.8 Å². The maximum absolute atomic E-state index is 12.8. The molecule has 0 bridgehead atoms. The van der Waals surface area contributed by atoms with E-state index in [1.54, 1.807) is 4.90 Å². The van der Waals surface area contributed by atoms with E-state index in [9.17, 15) is 14.3 Å². The second kappa shape index (κ2) is 6.81. The summed E-state index contributed by atoms with van der Waals surface area (Å²) in [5.74, 6) is -0.711. The Morgan fingerprint density at radius 1 is 1.40 bits per heavy atom. The second-order valence-corrected chi connectivity index (χ2v) is 4.93. The molecule has 0 aromatic heterocycles. The molecule has 1 saturated heterocycles. The summed E-state index contributed by atoms with van der Waals surface area (Å²) in [6.45, 7) is 3.80. The smallest absolute Gasteiger partial charge is 0.256 e. The number of hydrogen-bond acceptors (Lipinski definition) is 3. The van der Waals surface area contributed by atoms with E-state index in [0.29, 0.717) is 25.3 Å². The van der Waals surface area contributed by atoms with Crippen molar-refractivity contribution < 1.29 is 19.0 Å². The lowest BCUT2D eigenvalue weighted by Crippen LogP contribution is -2.43. The van der Waals surface area contributed by atoms with Crippen LogP contribution in [0.15, 0.2) is 24.3 Å². The zero-order valence-corrected chi connectivity index (χ0v) is 11.6. The first-order valence-corrected chi connectivity index (χ1v) is 6.95. The van der Waals surface area contributed by atoms with Crippen LogP contribution in [0.3, 0.4) is 0 Å². The van der Waals surface area contributed by atoms with Crippen molar-refractivity contribution >= 4 is 5.91 Å². The third kappa shape index (κ3) is 3.55. The van der Waals surface area contributed by atoms with Crippen molar-refractivity contribution in [2.75, 3.05) is 19.7 Å². The van der Waals surface area contributed by atoms with E-state index in [1.165, 1.54) is 24.3 Å². The zero-order valence-electron chi connectivity index (χ0n) is 11.6. The number of nitrogens with zero attached hydrogens (tertiary/aromatic N) is 1. The van der Waals surface area contributed by atoms with Gasteiger partial charge in [0.15, 0.2) is 6.10 Å². The number of carbonyl (C=O) groups excluding carboxylic acids is 1. The van der Waals surface area contributed by atoms with Crippen LogP contribution in [0.1, 0.15) is 31.4 Å². The molecule has 0 radical (unpaired) electrons. The van der Waals surface area contributed by atoms with Crippen molar-refractivity contribution in [3.05, 3.63) is 35.6 Å². The zero-order chi connectivity index (χ0) is 14.5. The Kier molecular flexibility index (Phi) is 5.09. The summed E-state index contributed by atoms with van der Waals surface area (Å²) in [6, 6.07) is 5.36. The Bertz CT molecular complexity index is 441. The lowest BCUT2D eigenvalue weighted by Gasteiger charge is -2.33. The van der Waals surface area contributed by atoms with Crippen molar-refractivity contribution in [1.82, 2.24) is 4.90 Å². The van der Waals surface area contributed by atoms with Gasteiger partial charge < -0.3 is 14.7 Å². The Hall–Kier alpha value is -1.46. The third-order valence-corrected chi connectivity index (χ3v) is 3.58. The molecule has 2 rings (SSSR count). The number of hydrogen-bond donors (Lipinski definition) is 1. The van der Waals surface area contributed by atoms with Gasteiger partial charge in [-0.1, -0.05) is 12.1 Å². The number of benzene rings is 1. The van der Waals surface area contributed by atoms with E-state index in [1.807, 2.05) is 6.92 Å². The Morgan fingerprint density at radius 3 is 2.55 bits per heavy atom. The van der Waals surface area contributed by atoms with Gasteiger partial charge >= 0.3 is 0 Å². The van der Waals surface area contributed by atoms with Crippen LogP contribution in [0.5, 0.6) is 0 Å². The van der Waals surface area contributed by atoms with E-state index >= 15 is 0 Å². The van der Waals surface area contributed by atoms with Gasteiger partial charge in [0.2, 0.25) is 0 Å². The summed E-state index contributed by atoms with van der Waals surface area (Å²) in [6.07, 6.45) is 0.553. The number of piperidine rings is 1. The molecule has 5 heteroatoms. The molecule has 1 aliphatic rings. The Morgan fingerprint density at radius 2 is 2.00 bits per heavy atom. The summed E-state index contributed by atoms with van der Waals surface area (Å²) in [4.78, 5) is 13.8. The van der Waals surface area contributed by atoms with Crippen LogP contribution < -0.4 is 0 Å². The summed E-state index contributed by atoms with van der Waals surface area (Å²) in [5.41, 5.74) is 0.420. The fourth-order valence-corrected chi connectivity index (χ4v) is 2.44. The molecule has 1 aliphatic heterocycles. The van der Waals surface area contributed by atoms with E-state index in [0.717, 1.165) is 12.8 Å². The molecule has 20 heavy (non-hydrogen) atoms. The minimum absolute atomic E-state index is 0.201. The molecule has 110 valence electrons. The van der Waals surface area contributed by atoms with Gasteiger partial charge in [0.1, 0.15) is 5.82 Å². The normalized spacial score (nSPS) is 18.1. The predicted molar refractivity (Wildman–Crippen MR) is 72.6 cm³/mol. The van der Waals surface area contributed by atoms with Gasteiger partial charge in [0.05, 0.1) is 6.10 Å². The van der Waals surface area contributed by atoms with Crippen molar-refractivity contribution in [3.63, 3.8) is 0 Å². The highest BCUT2D eigenvalue weighted by molar-refractivity contribution is 5.82. The fraction of sp³-hybridized carbons (Fsp3) is 0.533. The minimum Gasteiger partial charge on any atom is -0.378 e. The summed E-state index contributed by atoms with van der Waals surface area (Å²) in [5, 5.41) is 10.1. The molecule has 1 fully saturated rings. The highest BCUT2D eigenvalue weighted by atomic mass is 19.1. The van der Waals surface area contributed by atoms with E-state index < -0.39 is 6.10 Å².